The van der Waals surface area contributed by atoms with E-state index in [1.807, 2.05) is 36.4 Å². The zero-order chi connectivity index (χ0) is 24.9. The summed E-state index contributed by atoms with van der Waals surface area (Å²) in [6, 6.07) is 14.9. The van der Waals surface area contributed by atoms with Crippen LogP contribution in [0.15, 0.2) is 57.5 Å². The fourth-order valence-electron chi connectivity index (χ4n) is 4.59. The van der Waals surface area contributed by atoms with Crippen LogP contribution in [0.25, 0.3) is 11.4 Å². The van der Waals surface area contributed by atoms with Crippen LogP contribution in [0.2, 0.25) is 0 Å². The Balaban J connectivity index is 1.21. The highest BCUT2D eigenvalue weighted by Gasteiger charge is 2.28. The number of amides is 2. The lowest BCUT2D eigenvalue weighted by Crippen LogP contribution is -2.42. The van der Waals surface area contributed by atoms with Gasteiger partial charge in [0.05, 0.1) is 36.9 Å². The summed E-state index contributed by atoms with van der Waals surface area (Å²) in [5, 5.41) is 7.12. The van der Waals surface area contributed by atoms with E-state index in [-0.39, 0.29) is 17.7 Å². The quantitative estimate of drug-likeness (QED) is 0.495. The van der Waals surface area contributed by atoms with Gasteiger partial charge in [-0.15, -0.1) is 0 Å². The van der Waals surface area contributed by atoms with Crippen LogP contribution in [0.1, 0.15) is 29.1 Å². The van der Waals surface area contributed by atoms with Crippen molar-refractivity contribution in [2.45, 2.75) is 19.4 Å². The van der Waals surface area contributed by atoms with Crippen LogP contribution in [0.5, 0.6) is 0 Å². The van der Waals surface area contributed by atoms with Gasteiger partial charge in [-0.3, -0.25) is 14.5 Å². The van der Waals surface area contributed by atoms with E-state index in [9.17, 15) is 9.59 Å². The lowest BCUT2D eigenvalue weighted by atomic mass is 9.96. The van der Waals surface area contributed by atoms with E-state index in [4.69, 9.17) is 9.26 Å². The number of piperidine rings is 1. The number of benzene rings is 2. The first-order valence-electron chi connectivity index (χ1n) is 12.1. The molecule has 9 nitrogen and oxygen atoms in total. The van der Waals surface area contributed by atoms with E-state index in [0.29, 0.717) is 62.4 Å². The number of nitrogens with zero attached hydrogens (tertiary/aromatic N) is 4. The molecule has 2 amide bonds. The molecule has 1 unspecified atom stereocenters. The first-order chi connectivity index (χ1) is 17.6. The molecule has 0 aliphatic carbocycles. The van der Waals surface area contributed by atoms with Gasteiger partial charge >= 0.3 is 0 Å². The Hall–Kier alpha value is -3.08. The van der Waals surface area contributed by atoms with Crippen molar-refractivity contribution in [3.8, 4) is 11.4 Å². The van der Waals surface area contributed by atoms with Crippen molar-refractivity contribution in [1.82, 2.24) is 19.9 Å². The Morgan fingerprint density at radius 3 is 2.64 bits per heavy atom. The number of nitrogens with one attached hydrogen (secondary N) is 1. The number of rotatable bonds is 6. The summed E-state index contributed by atoms with van der Waals surface area (Å²) in [6.45, 7) is 4.09. The van der Waals surface area contributed by atoms with Crippen LogP contribution in [0.4, 0.5) is 5.69 Å². The summed E-state index contributed by atoms with van der Waals surface area (Å²) in [7, 11) is 0. The van der Waals surface area contributed by atoms with Gasteiger partial charge in [0.2, 0.25) is 17.6 Å². The normalized spacial score (nSPS) is 18.7. The zero-order valence-electron chi connectivity index (χ0n) is 19.9. The molecule has 0 bridgehead atoms. The molecule has 1 atom stereocenters. The molecule has 1 N–H and O–H groups in total. The zero-order valence-corrected chi connectivity index (χ0v) is 21.4. The van der Waals surface area contributed by atoms with Gasteiger partial charge < -0.3 is 19.5 Å². The summed E-state index contributed by atoms with van der Waals surface area (Å²) >= 11 is 3.43. The topological polar surface area (TPSA) is 101 Å². The van der Waals surface area contributed by atoms with E-state index in [1.165, 1.54) is 0 Å². The summed E-state index contributed by atoms with van der Waals surface area (Å²) in [5.41, 5.74) is 1.94. The van der Waals surface area contributed by atoms with Crippen LogP contribution in [-0.2, 0) is 16.1 Å². The van der Waals surface area contributed by atoms with E-state index < -0.39 is 0 Å². The molecule has 2 fully saturated rings. The van der Waals surface area contributed by atoms with Crippen molar-refractivity contribution in [3.05, 3.63) is 64.5 Å². The van der Waals surface area contributed by atoms with Crippen molar-refractivity contribution in [3.63, 3.8) is 0 Å². The first kappa shape index (κ1) is 24.6. The van der Waals surface area contributed by atoms with Gasteiger partial charge in [0.15, 0.2) is 0 Å². The Bertz CT molecular complexity index is 1210. The molecule has 0 radical (unpaired) electrons. The number of hydrogen-bond acceptors (Lipinski definition) is 7. The van der Waals surface area contributed by atoms with Crippen molar-refractivity contribution < 1.29 is 18.8 Å². The van der Waals surface area contributed by atoms with Crippen molar-refractivity contribution in [2.24, 2.45) is 5.92 Å². The van der Waals surface area contributed by atoms with Gasteiger partial charge in [0.25, 0.3) is 5.91 Å². The number of halogens is 1. The predicted molar refractivity (Wildman–Crippen MR) is 137 cm³/mol. The number of likely N-dealkylation sites (tertiary alicyclic amines) is 1. The van der Waals surface area contributed by atoms with Crippen molar-refractivity contribution >= 4 is 33.4 Å². The highest BCUT2D eigenvalue weighted by molar-refractivity contribution is 9.10. The Kier molecular flexibility index (Phi) is 7.74. The summed E-state index contributed by atoms with van der Waals surface area (Å²) in [6.07, 6.45) is 1.68. The summed E-state index contributed by atoms with van der Waals surface area (Å²) in [4.78, 5) is 34.7. The van der Waals surface area contributed by atoms with Gasteiger partial charge in [0, 0.05) is 29.7 Å². The molecule has 2 aromatic carbocycles. The molecule has 188 valence electrons. The minimum Gasteiger partial charge on any atom is -0.378 e. The molecule has 2 saturated heterocycles. The molecular weight excluding hydrogens is 526 g/mol. The largest absolute Gasteiger partial charge is 0.378 e. The van der Waals surface area contributed by atoms with E-state index in [0.717, 1.165) is 29.4 Å². The van der Waals surface area contributed by atoms with E-state index >= 15 is 0 Å². The second-order valence-corrected chi connectivity index (χ2v) is 9.95. The molecule has 2 aliphatic rings. The number of morpholine rings is 1. The second-order valence-electron chi connectivity index (χ2n) is 9.03. The number of para-hydroxylation sites is 1. The maximum atomic E-state index is 13.2. The fourth-order valence-corrected chi connectivity index (χ4v) is 4.85. The number of anilines is 1. The number of ether oxygens (including phenoxy) is 1. The average molecular weight is 554 g/mol. The van der Waals surface area contributed by atoms with E-state index in [2.05, 4.69) is 36.3 Å². The maximum Gasteiger partial charge on any atom is 0.256 e. The first-order valence-corrected chi connectivity index (χ1v) is 12.9. The van der Waals surface area contributed by atoms with Gasteiger partial charge in [-0.1, -0.05) is 33.2 Å². The predicted octanol–water partition coefficient (Wildman–Crippen LogP) is 3.82. The molecule has 10 heteroatoms. The van der Waals surface area contributed by atoms with Crippen LogP contribution >= 0.6 is 15.9 Å². The molecule has 3 aromatic rings. The molecule has 5 rings (SSSR count). The van der Waals surface area contributed by atoms with Gasteiger partial charge in [-0.25, -0.2) is 0 Å². The third kappa shape index (κ3) is 5.83. The Labute approximate surface area is 217 Å². The van der Waals surface area contributed by atoms with Gasteiger partial charge in [0.1, 0.15) is 0 Å². The molecule has 2 aliphatic heterocycles. The molecular formula is C26H28BrN5O4. The average Bonchev–Trinajstić information content (AvgIpc) is 3.38. The Morgan fingerprint density at radius 2 is 1.83 bits per heavy atom. The third-order valence-corrected chi connectivity index (χ3v) is 7.05. The SMILES string of the molecule is O=C(Nc1ccccc1C(=O)N1CCOCC1)C1CCCN(Cc2nc(-c3ccc(Br)cc3)no2)C1. The van der Waals surface area contributed by atoms with Gasteiger partial charge in [-0.05, 0) is 55.8 Å². The minimum absolute atomic E-state index is 0.0805. The third-order valence-electron chi connectivity index (χ3n) is 6.52. The number of carbonyl (C=O) groups excluding carboxylic acids is 2. The van der Waals surface area contributed by atoms with Crippen molar-refractivity contribution in [2.75, 3.05) is 44.7 Å². The summed E-state index contributed by atoms with van der Waals surface area (Å²) in [5.74, 6) is 0.709. The molecule has 0 saturated carbocycles. The van der Waals surface area contributed by atoms with E-state index in [1.54, 1.807) is 17.0 Å². The molecule has 1 aromatic heterocycles. The lowest BCUT2D eigenvalue weighted by Gasteiger charge is -2.31. The molecule has 36 heavy (non-hydrogen) atoms. The highest BCUT2D eigenvalue weighted by atomic mass is 79.9. The lowest BCUT2D eigenvalue weighted by molar-refractivity contribution is -0.121. The van der Waals surface area contributed by atoms with Crippen LogP contribution in [0, 0.1) is 5.92 Å². The number of carbonyl (C=O) groups is 2. The number of hydrogen-bond donors (Lipinski definition) is 1. The van der Waals surface area contributed by atoms with Gasteiger partial charge in [-0.2, -0.15) is 4.98 Å². The monoisotopic (exact) mass is 553 g/mol. The standard InChI is InChI=1S/C26H28BrN5O4/c27-20-9-7-18(8-10-20)24-29-23(36-30-24)17-31-11-3-4-19(16-31)25(33)28-22-6-2-1-5-21(22)26(34)32-12-14-35-15-13-32/h1-2,5-10,19H,3-4,11-17H2,(H,28,33). The fraction of sp³-hybridized carbons (Fsp3) is 0.385. The maximum absolute atomic E-state index is 13.2. The van der Waals surface area contributed by atoms with Crippen molar-refractivity contribution in [1.29, 1.82) is 0 Å². The summed E-state index contributed by atoms with van der Waals surface area (Å²) < 4.78 is 11.8. The number of aromatic nitrogens is 2. The van der Waals surface area contributed by atoms with Crippen LogP contribution in [0.3, 0.4) is 0 Å². The second kappa shape index (κ2) is 11.3. The smallest absolute Gasteiger partial charge is 0.256 e. The molecule has 3 heterocycles. The van der Waals surface area contributed by atoms with Crippen LogP contribution in [-0.4, -0.2) is 71.1 Å². The molecule has 0 spiro atoms. The minimum atomic E-state index is -0.195. The van der Waals surface area contributed by atoms with Crippen LogP contribution < -0.4 is 5.32 Å². The highest BCUT2D eigenvalue weighted by Crippen LogP contribution is 2.24. The Morgan fingerprint density at radius 1 is 1.06 bits per heavy atom.